The molecule has 1 aliphatic heterocycles. The molecule has 0 spiro atoms. The molecule has 0 bridgehead atoms. The predicted molar refractivity (Wildman–Crippen MR) is 151 cm³/mol. The van der Waals surface area contributed by atoms with E-state index in [1.807, 2.05) is 18.2 Å². The maximum absolute atomic E-state index is 13.7. The van der Waals surface area contributed by atoms with Crippen LogP contribution in [0.4, 0.5) is 0 Å². The molecule has 5 rings (SSSR count). The van der Waals surface area contributed by atoms with Crippen LogP contribution in [0.3, 0.4) is 0 Å². The molecule has 1 aliphatic carbocycles. The fourth-order valence-electron chi connectivity index (χ4n) is 4.82. The molecule has 1 atom stereocenters. The van der Waals surface area contributed by atoms with E-state index >= 15 is 0 Å². The average molecular weight is 588 g/mol. The highest BCUT2D eigenvalue weighted by Crippen LogP contribution is 2.28. The van der Waals surface area contributed by atoms with Gasteiger partial charge in [0, 0.05) is 50.5 Å². The molecule has 39 heavy (non-hydrogen) atoms. The molecular weight excluding hydrogens is 558 g/mol. The number of pyridine rings is 1. The number of sulfonamides is 1. The zero-order valence-corrected chi connectivity index (χ0v) is 23.9. The van der Waals surface area contributed by atoms with Crippen molar-refractivity contribution in [3.05, 3.63) is 69.5 Å². The van der Waals surface area contributed by atoms with E-state index in [0.717, 1.165) is 24.4 Å². The highest BCUT2D eigenvalue weighted by molar-refractivity contribution is 7.89. The zero-order chi connectivity index (χ0) is 27.6. The number of aromatic nitrogens is 1. The Hall–Kier alpha value is -2.83. The summed E-state index contributed by atoms with van der Waals surface area (Å²) >= 11 is 7.07. The molecule has 9 nitrogen and oxygen atoms in total. The number of benzene rings is 1. The molecule has 3 heterocycles. The van der Waals surface area contributed by atoms with Crippen LogP contribution in [0.1, 0.15) is 28.1 Å². The van der Waals surface area contributed by atoms with E-state index in [2.05, 4.69) is 19.9 Å². The van der Waals surface area contributed by atoms with Crippen molar-refractivity contribution in [1.29, 1.82) is 0 Å². The van der Waals surface area contributed by atoms with E-state index in [4.69, 9.17) is 11.6 Å². The summed E-state index contributed by atoms with van der Waals surface area (Å²) in [5.41, 5.74) is 1.85. The van der Waals surface area contributed by atoms with Crippen LogP contribution in [0.15, 0.2) is 59.6 Å². The van der Waals surface area contributed by atoms with Crippen molar-refractivity contribution in [3.8, 4) is 11.3 Å². The van der Waals surface area contributed by atoms with Crippen molar-refractivity contribution in [2.24, 2.45) is 0 Å². The summed E-state index contributed by atoms with van der Waals surface area (Å²) in [7, 11) is -4.13. The van der Waals surface area contributed by atoms with E-state index in [1.165, 1.54) is 18.9 Å². The van der Waals surface area contributed by atoms with Crippen LogP contribution in [0.2, 0.25) is 4.34 Å². The number of amides is 2. The molecule has 12 heteroatoms. The predicted octanol–water partition coefficient (Wildman–Crippen LogP) is 3.16. The number of carbonyl (C=O) groups excluding carboxylic acids is 2. The van der Waals surface area contributed by atoms with Crippen LogP contribution in [-0.4, -0.2) is 79.8 Å². The van der Waals surface area contributed by atoms with Gasteiger partial charge in [0.05, 0.1) is 19.8 Å². The topological polar surface area (TPSA) is 112 Å². The minimum Gasteiger partial charge on any atom is -0.349 e. The molecule has 206 valence electrons. The number of nitrogens with zero attached hydrogens (tertiary/aromatic N) is 3. The Bertz CT molecular complexity index is 1450. The van der Waals surface area contributed by atoms with E-state index in [1.54, 1.807) is 42.3 Å². The first kappa shape index (κ1) is 27.7. The van der Waals surface area contributed by atoms with Gasteiger partial charge in [-0.15, -0.1) is 11.3 Å². The van der Waals surface area contributed by atoms with Gasteiger partial charge in [-0.2, -0.15) is 4.72 Å². The lowest BCUT2D eigenvalue weighted by Gasteiger charge is -2.36. The van der Waals surface area contributed by atoms with Gasteiger partial charge in [-0.05, 0) is 55.7 Å². The number of nitrogens with one attached hydrogen (secondary N) is 2. The van der Waals surface area contributed by atoms with Crippen molar-refractivity contribution < 1.29 is 18.0 Å². The van der Waals surface area contributed by atoms with Crippen LogP contribution in [0, 0.1) is 6.92 Å². The molecule has 3 aromatic rings. The molecule has 1 saturated carbocycles. The standard InChI is InChI=1S/C27H30ClN5O4S2/c1-18-20(21-6-2-3-12-29-21)5-4-7-24(18)39(36,37)31-22(17-30-26(34)23-10-11-25(28)38-23)27(35)33-15-13-32(14-16-33)19-8-9-19/h2-7,10-12,19,22,31H,8-9,13-17H2,1H3,(H,30,34)/t22-/m0/s1. The van der Waals surface area contributed by atoms with Crippen molar-refractivity contribution >= 4 is 44.8 Å². The number of rotatable bonds is 9. The lowest BCUT2D eigenvalue weighted by molar-refractivity contribution is -0.134. The largest absolute Gasteiger partial charge is 0.349 e. The van der Waals surface area contributed by atoms with Gasteiger partial charge < -0.3 is 10.2 Å². The van der Waals surface area contributed by atoms with Gasteiger partial charge in [0.15, 0.2) is 0 Å². The van der Waals surface area contributed by atoms with E-state index in [9.17, 15) is 18.0 Å². The third-order valence-corrected chi connectivity index (χ3v) is 9.91. The van der Waals surface area contributed by atoms with Gasteiger partial charge in [0.1, 0.15) is 6.04 Å². The monoisotopic (exact) mass is 587 g/mol. The van der Waals surface area contributed by atoms with Crippen LogP contribution < -0.4 is 10.0 Å². The van der Waals surface area contributed by atoms with Gasteiger partial charge in [0.25, 0.3) is 5.91 Å². The smallest absolute Gasteiger partial charge is 0.261 e. The summed E-state index contributed by atoms with van der Waals surface area (Å²) in [5, 5.41) is 2.71. The molecule has 0 radical (unpaired) electrons. The third kappa shape index (κ3) is 6.50. The zero-order valence-electron chi connectivity index (χ0n) is 21.5. The van der Waals surface area contributed by atoms with Crippen molar-refractivity contribution in [3.63, 3.8) is 0 Å². The average Bonchev–Trinajstić information content (AvgIpc) is 3.70. The van der Waals surface area contributed by atoms with Crippen molar-refractivity contribution in [1.82, 2.24) is 24.8 Å². The summed E-state index contributed by atoms with van der Waals surface area (Å²) in [4.78, 5) is 35.2. The second kappa shape index (κ2) is 11.7. The number of piperazine rings is 1. The fraction of sp³-hybridized carbons (Fsp3) is 0.370. The Morgan fingerprint density at radius 3 is 2.49 bits per heavy atom. The highest BCUT2D eigenvalue weighted by atomic mass is 35.5. The summed E-state index contributed by atoms with van der Waals surface area (Å²) in [6, 6.07) is 13.0. The lowest BCUT2D eigenvalue weighted by atomic mass is 10.1. The van der Waals surface area contributed by atoms with Crippen LogP contribution >= 0.6 is 22.9 Å². The minimum atomic E-state index is -4.13. The van der Waals surface area contributed by atoms with Gasteiger partial charge in [-0.1, -0.05) is 29.8 Å². The fourth-order valence-corrected chi connectivity index (χ4v) is 7.24. The van der Waals surface area contributed by atoms with Gasteiger partial charge in [-0.3, -0.25) is 19.5 Å². The lowest BCUT2D eigenvalue weighted by Crippen LogP contribution is -2.58. The summed E-state index contributed by atoms with van der Waals surface area (Å²) < 4.78 is 30.4. The first-order valence-electron chi connectivity index (χ1n) is 12.8. The number of hydrogen-bond acceptors (Lipinski definition) is 7. The maximum atomic E-state index is 13.7. The molecule has 1 aromatic carbocycles. The van der Waals surface area contributed by atoms with Crippen LogP contribution in [0.25, 0.3) is 11.3 Å². The second-order valence-corrected chi connectivity index (χ2v) is 13.1. The minimum absolute atomic E-state index is 0.0540. The summed E-state index contributed by atoms with van der Waals surface area (Å²) in [5.74, 6) is -0.784. The quantitative estimate of drug-likeness (QED) is 0.398. The Morgan fingerprint density at radius 1 is 1.08 bits per heavy atom. The molecule has 0 unspecified atom stereocenters. The van der Waals surface area contributed by atoms with Crippen molar-refractivity contribution in [2.75, 3.05) is 32.7 Å². The number of carbonyl (C=O) groups is 2. The number of hydrogen-bond donors (Lipinski definition) is 2. The normalized spacial score (nSPS) is 17.1. The van der Waals surface area contributed by atoms with E-state index < -0.39 is 22.0 Å². The maximum Gasteiger partial charge on any atom is 0.261 e. The third-order valence-electron chi connectivity index (χ3n) is 7.06. The molecule has 2 amide bonds. The van der Waals surface area contributed by atoms with Gasteiger partial charge >= 0.3 is 0 Å². The van der Waals surface area contributed by atoms with Crippen molar-refractivity contribution in [2.45, 2.75) is 36.7 Å². The van der Waals surface area contributed by atoms with Crippen LogP contribution in [0.5, 0.6) is 0 Å². The number of thiophene rings is 1. The Morgan fingerprint density at radius 2 is 1.85 bits per heavy atom. The second-order valence-electron chi connectivity index (χ2n) is 9.72. The van der Waals surface area contributed by atoms with E-state index in [-0.39, 0.29) is 17.3 Å². The Kier molecular flexibility index (Phi) is 8.34. The van der Waals surface area contributed by atoms with E-state index in [0.29, 0.717) is 45.2 Å². The molecule has 1 saturated heterocycles. The SMILES string of the molecule is Cc1c(-c2ccccn2)cccc1S(=O)(=O)N[C@@H](CNC(=O)c1ccc(Cl)s1)C(=O)N1CCN(C2CC2)CC1. The summed E-state index contributed by atoms with van der Waals surface area (Å²) in [6.07, 6.45) is 4.02. The van der Waals surface area contributed by atoms with Gasteiger partial charge in [0.2, 0.25) is 15.9 Å². The first-order valence-corrected chi connectivity index (χ1v) is 15.5. The Labute approximate surface area is 237 Å². The molecule has 2 N–H and O–H groups in total. The molecule has 2 aromatic heterocycles. The number of halogens is 1. The highest BCUT2D eigenvalue weighted by Gasteiger charge is 2.35. The van der Waals surface area contributed by atoms with Gasteiger partial charge in [-0.25, -0.2) is 8.42 Å². The molecule has 2 fully saturated rings. The summed E-state index contributed by atoms with van der Waals surface area (Å²) in [6.45, 7) is 4.04. The van der Waals surface area contributed by atoms with Crippen LogP contribution in [-0.2, 0) is 14.8 Å². The molecular formula is C27H30ClN5O4S2. The first-order chi connectivity index (χ1) is 18.7. The molecule has 2 aliphatic rings. The Balaban J connectivity index is 1.37.